The van der Waals surface area contributed by atoms with Crippen LogP contribution in [0.4, 0.5) is 0 Å². The Hall–Kier alpha value is -3.32. The number of aliphatic hydroxyl groups is 1. The summed E-state index contributed by atoms with van der Waals surface area (Å²) in [4.78, 5) is 4.63. The van der Waals surface area contributed by atoms with E-state index in [1.54, 1.807) is 0 Å². The van der Waals surface area contributed by atoms with Gasteiger partial charge in [-0.25, -0.2) is 4.99 Å². The molecule has 0 fully saturated rings. The van der Waals surface area contributed by atoms with Crippen molar-refractivity contribution < 1.29 is 9.84 Å². The predicted octanol–water partition coefficient (Wildman–Crippen LogP) is 3.51. The lowest BCUT2D eigenvalue weighted by Crippen LogP contribution is -2.39. The van der Waals surface area contributed by atoms with E-state index < -0.39 is 6.10 Å². The molecule has 1 heterocycles. The van der Waals surface area contributed by atoms with Crippen LogP contribution in [-0.4, -0.2) is 40.0 Å². The lowest BCUT2D eigenvalue weighted by Gasteiger charge is -2.16. The van der Waals surface area contributed by atoms with Gasteiger partial charge in [0.2, 0.25) is 0 Å². The number of aliphatic imine (C=N–C) groups is 1. The molecule has 0 bridgehead atoms. The van der Waals surface area contributed by atoms with Crippen LogP contribution in [-0.2, 0) is 13.1 Å². The van der Waals surface area contributed by atoms with E-state index in [0.717, 1.165) is 30.0 Å². The van der Waals surface area contributed by atoms with Gasteiger partial charge in [0.1, 0.15) is 5.75 Å². The number of benzene rings is 2. The first kappa shape index (κ1) is 23.3. The molecule has 1 aromatic heterocycles. The summed E-state index contributed by atoms with van der Waals surface area (Å²) < 4.78 is 7.57. The largest absolute Gasteiger partial charge is 0.491 e. The van der Waals surface area contributed by atoms with Gasteiger partial charge in [-0.1, -0.05) is 42.5 Å². The topological polar surface area (TPSA) is 83.7 Å². The van der Waals surface area contributed by atoms with E-state index in [-0.39, 0.29) is 6.10 Å². The fourth-order valence-electron chi connectivity index (χ4n) is 3.21. The summed E-state index contributed by atoms with van der Waals surface area (Å²) in [5.41, 5.74) is 3.06. The quantitative estimate of drug-likeness (QED) is 0.335. The minimum absolute atomic E-state index is 0.122. The highest BCUT2D eigenvalue weighted by Gasteiger charge is 2.09. The molecule has 32 heavy (non-hydrogen) atoms. The number of rotatable bonds is 10. The number of guanidine groups is 1. The van der Waals surface area contributed by atoms with Crippen molar-refractivity contribution >= 4 is 5.96 Å². The fraction of sp³-hybridized carbons (Fsp3) is 0.360. The lowest BCUT2D eigenvalue weighted by atomic mass is 10.1. The Kier molecular flexibility index (Phi) is 8.69. The fourth-order valence-corrected chi connectivity index (χ4v) is 3.21. The molecule has 3 rings (SSSR count). The van der Waals surface area contributed by atoms with Gasteiger partial charge in [0.15, 0.2) is 5.96 Å². The maximum atomic E-state index is 10.5. The first-order valence-electron chi connectivity index (χ1n) is 11.1. The van der Waals surface area contributed by atoms with E-state index in [0.29, 0.717) is 19.0 Å². The molecule has 3 aromatic rings. The van der Waals surface area contributed by atoms with E-state index >= 15 is 0 Å². The Bertz CT molecular complexity index is 968. The molecule has 0 spiro atoms. The highest BCUT2D eigenvalue weighted by molar-refractivity contribution is 5.79. The third kappa shape index (κ3) is 7.42. The Morgan fingerprint density at radius 3 is 2.50 bits per heavy atom. The van der Waals surface area contributed by atoms with Crippen molar-refractivity contribution in [3.8, 4) is 5.75 Å². The number of nitrogens with zero attached hydrogens (tertiary/aromatic N) is 3. The minimum atomic E-state index is -0.652. The molecule has 7 nitrogen and oxygen atoms in total. The van der Waals surface area contributed by atoms with E-state index in [1.807, 2.05) is 80.3 Å². The number of aromatic nitrogens is 2. The maximum absolute atomic E-state index is 10.5. The highest BCUT2D eigenvalue weighted by atomic mass is 16.5. The van der Waals surface area contributed by atoms with Crippen molar-refractivity contribution in [2.75, 3.05) is 13.1 Å². The zero-order chi connectivity index (χ0) is 22.8. The number of aliphatic hydroxyl groups excluding tert-OH is 1. The first-order valence-corrected chi connectivity index (χ1v) is 11.1. The van der Waals surface area contributed by atoms with Gasteiger partial charge in [0.05, 0.1) is 31.5 Å². The molecule has 0 saturated carbocycles. The summed E-state index contributed by atoms with van der Waals surface area (Å²) >= 11 is 0. The summed E-state index contributed by atoms with van der Waals surface area (Å²) in [7, 11) is 0. The highest BCUT2D eigenvalue weighted by Crippen LogP contribution is 2.18. The second kappa shape index (κ2) is 11.9. The number of hydrogen-bond acceptors (Lipinski definition) is 4. The summed E-state index contributed by atoms with van der Waals surface area (Å²) in [5, 5.41) is 21.4. The van der Waals surface area contributed by atoms with Crippen molar-refractivity contribution in [3.05, 3.63) is 83.7 Å². The van der Waals surface area contributed by atoms with Crippen LogP contribution in [0.3, 0.4) is 0 Å². The molecule has 0 aliphatic heterocycles. The van der Waals surface area contributed by atoms with Gasteiger partial charge in [-0.15, -0.1) is 0 Å². The summed E-state index contributed by atoms with van der Waals surface area (Å²) in [6.07, 6.45) is 3.32. The zero-order valence-corrected chi connectivity index (χ0v) is 19.0. The monoisotopic (exact) mass is 435 g/mol. The van der Waals surface area contributed by atoms with E-state index in [4.69, 9.17) is 4.74 Å². The third-order valence-corrected chi connectivity index (χ3v) is 4.74. The SMILES string of the molecule is CCNC(=NCc1cnn(Cc2ccccc2)c1)NCC(O)c1ccc(OC(C)C)cc1. The summed E-state index contributed by atoms with van der Waals surface area (Å²) in [6, 6.07) is 17.8. The Labute approximate surface area is 190 Å². The average Bonchev–Trinajstić information content (AvgIpc) is 3.23. The van der Waals surface area contributed by atoms with Crippen LogP contribution in [0, 0.1) is 0 Å². The summed E-state index contributed by atoms with van der Waals surface area (Å²) in [6.45, 7) is 8.31. The molecule has 0 amide bonds. The van der Waals surface area contributed by atoms with Gasteiger partial charge < -0.3 is 20.5 Å². The predicted molar refractivity (Wildman–Crippen MR) is 128 cm³/mol. The van der Waals surface area contributed by atoms with Gasteiger partial charge in [-0.05, 0) is 44.0 Å². The van der Waals surface area contributed by atoms with Crippen LogP contribution in [0.2, 0.25) is 0 Å². The maximum Gasteiger partial charge on any atom is 0.191 e. The Balaban J connectivity index is 1.53. The first-order chi connectivity index (χ1) is 15.5. The molecule has 0 radical (unpaired) electrons. The molecule has 170 valence electrons. The molecule has 3 N–H and O–H groups in total. The molecule has 7 heteroatoms. The average molecular weight is 436 g/mol. The van der Waals surface area contributed by atoms with Crippen LogP contribution in [0.15, 0.2) is 72.0 Å². The van der Waals surface area contributed by atoms with Gasteiger partial charge >= 0.3 is 0 Å². The normalized spacial score (nSPS) is 12.6. The second-order valence-corrected chi connectivity index (χ2v) is 7.86. The van der Waals surface area contributed by atoms with Crippen molar-refractivity contribution in [2.24, 2.45) is 4.99 Å². The van der Waals surface area contributed by atoms with Gasteiger partial charge in [0.25, 0.3) is 0 Å². The van der Waals surface area contributed by atoms with Crippen molar-refractivity contribution in [1.82, 2.24) is 20.4 Å². The molecular weight excluding hydrogens is 402 g/mol. The van der Waals surface area contributed by atoms with Gasteiger partial charge in [-0.2, -0.15) is 5.10 Å². The van der Waals surface area contributed by atoms with E-state index in [9.17, 15) is 5.11 Å². The zero-order valence-electron chi connectivity index (χ0n) is 19.0. The van der Waals surface area contributed by atoms with Crippen molar-refractivity contribution in [2.45, 2.75) is 46.1 Å². The molecular formula is C25H33N5O2. The molecule has 1 unspecified atom stereocenters. The van der Waals surface area contributed by atoms with Crippen LogP contribution < -0.4 is 15.4 Å². The number of hydrogen-bond donors (Lipinski definition) is 3. The van der Waals surface area contributed by atoms with Crippen LogP contribution in [0.5, 0.6) is 5.75 Å². The van der Waals surface area contributed by atoms with E-state index in [2.05, 4.69) is 32.9 Å². The van der Waals surface area contributed by atoms with Crippen molar-refractivity contribution in [1.29, 1.82) is 0 Å². The number of ether oxygens (including phenoxy) is 1. The minimum Gasteiger partial charge on any atom is -0.491 e. The van der Waals surface area contributed by atoms with Gasteiger partial charge in [-0.3, -0.25) is 4.68 Å². The second-order valence-electron chi connectivity index (χ2n) is 7.86. The molecule has 2 aromatic carbocycles. The van der Waals surface area contributed by atoms with E-state index in [1.165, 1.54) is 5.56 Å². The summed E-state index contributed by atoms with van der Waals surface area (Å²) in [5.74, 6) is 1.45. The third-order valence-electron chi connectivity index (χ3n) is 4.74. The Morgan fingerprint density at radius 1 is 1.06 bits per heavy atom. The number of nitrogens with one attached hydrogen (secondary N) is 2. The molecule has 0 aliphatic carbocycles. The van der Waals surface area contributed by atoms with Gasteiger partial charge in [0, 0.05) is 24.8 Å². The Morgan fingerprint density at radius 2 is 1.81 bits per heavy atom. The standard InChI is InChI=1S/C25H33N5O2/c1-4-26-25(28-16-24(31)22-10-12-23(13-11-22)32-19(2)3)27-14-21-15-29-30(18-21)17-20-8-6-5-7-9-20/h5-13,15,18-19,24,31H,4,14,16-17H2,1-3H3,(H2,26,27,28). The molecule has 1 atom stereocenters. The van der Waals surface area contributed by atoms with Crippen LogP contribution in [0.25, 0.3) is 0 Å². The van der Waals surface area contributed by atoms with Crippen LogP contribution in [0.1, 0.15) is 43.6 Å². The lowest BCUT2D eigenvalue weighted by molar-refractivity contribution is 0.180. The molecule has 0 saturated heterocycles. The smallest absolute Gasteiger partial charge is 0.191 e. The van der Waals surface area contributed by atoms with Crippen LogP contribution >= 0.6 is 0 Å². The molecule has 0 aliphatic rings. The van der Waals surface area contributed by atoms with Crippen molar-refractivity contribution in [3.63, 3.8) is 0 Å².